The molecule has 1 aromatic carbocycles. The largest absolute Gasteiger partial charge is 0.416 e. The van der Waals surface area contributed by atoms with E-state index in [4.69, 9.17) is 0 Å². The predicted octanol–water partition coefficient (Wildman–Crippen LogP) is 3.40. The highest BCUT2D eigenvalue weighted by molar-refractivity contribution is 14.1. The number of rotatable bonds is 2. The molecule has 9 heteroatoms. The van der Waals surface area contributed by atoms with Crippen LogP contribution in [0.25, 0.3) is 5.69 Å². The third-order valence-corrected chi connectivity index (χ3v) is 2.85. The van der Waals surface area contributed by atoms with Crippen molar-refractivity contribution < 1.29 is 18.1 Å². The summed E-state index contributed by atoms with van der Waals surface area (Å²) in [5, 5.41) is 14.7. The maximum atomic E-state index is 12.5. The molecule has 0 saturated carbocycles. The van der Waals surface area contributed by atoms with Crippen LogP contribution in [0.3, 0.4) is 0 Å². The second kappa shape index (κ2) is 4.79. The third-order valence-electron chi connectivity index (χ3n) is 2.30. The normalized spacial score (nSPS) is 11.6. The van der Waals surface area contributed by atoms with E-state index >= 15 is 0 Å². The van der Waals surface area contributed by atoms with Crippen LogP contribution >= 0.6 is 22.6 Å². The highest BCUT2D eigenvalue weighted by Gasteiger charge is 2.33. The Morgan fingerprint density at radius 1 is 1.37 bits per heavy atom. The number of hydrogen-bond donors (Lipinski definition) is 0. The van der Waals surface area contributed by atoms with Gasteiger partial charge in [0.25, 0.3) is 5.69 Å². The minimum atomic E-state index is -4.62. The Balaban J connectivity index is 2.60. The molecular weight excluding hydrogens is 378 g/mol. The van der Waals surface area contributed by atoms with Gasteiger partial charge >= 0.3 is 6.18 Å². The summed E-state index contributed by atoms with van der Waals surface area (Å²) in [6.07, 6.45) is -1.69. The van der Waals surface area contributed by atoms with Gasteiger partial charge in [-0.15, -0.1) is 0 Å². The summed E-state index contributed by atoms with van der Waals surface area (Å²) < 4.78 is 39.5. The summed E-state index contributed by atoms with van der Waals surface area (Å²) >= 11 is 1.94. The van der Waals surface area contributed by atoms with Crippen molar-refractivity contribution in [2.24, 2.45) is 0 Å². The van der Waals surface area contributed by atoms with E-state index in [9.17, 15) is 23.3 Å². The van der Waals surface area contributed by atoms with E-state index in [0.717, 1.165) is 12.1 Å². The SMILES string of the molecule is O=[N+]([O-])c1cc(C(F)(F)F)ccc1-n1cc(I)cn1. The lowest BCUT2D eigenvalue weighted by atomic mass is 10.1. The molecule has 0 bridgehead atoms. The highest BCUT2D eigenvalue weighted by Crippen LogP contribution is 2.34. The summed E-state index contributed by atoms with van der Waals surface area (Å²) in [7, 11) is 0. The molecule has 0 unspecified atom stereocenters. The first kappa shape index (κ1) is 13.8. The van der Waals surface area contributed by atoms with Crippen LogP contribution in [-0.4, -0.2) is 14.7 Å². The average molecular weight is 383 g/mol. The second-order valence-electron chi connectivity index (χ2n) is 3.56. The summed E-state index contributed by atoms with van der Waals surface area (Å²) in [6.45, 7) is 0. The fourth-order valence-corrected chi connectivity index (χ4v) is 1.86. The summed E-state index contributed by atoms with van der Waals surface area (Å²) in [5.41, 5.74) is -1.72. The van der Waals surface area contributed by atoms with E-state index in [0.29, 0.717) is 9.64 Å². The fourth-order valence-electron chi connectivity index (χ4n) is 1.47. The summed E-state index contributed by atoms with van der Waals surface area (Å²) in [6, 6.07) is 2.32. The van der Waals surface area contributed by atoms with Gasteiger partial charge in [0.2, 0.25) is 0 Å². The number of alkyl halides is 3. The summed E-state index contributed by atoms with van der Waals surface area (Å²) in [4.78, 5) is 10.0. The van der Waals surface area contributed by atoms with Gasteiger partial charge in [-0.1, -0.05) is 0 Å². The van der Waals surface area contributed by atoms with Crippen molar-refractivity contribution in [3.8, 4) is 5.69 Å². The fraction of sp³-hybridized carbons (Fsp3) is 0.100. The number of aromatic nitrogens is 2. The number of benzene rings is 1. The number of nitrogens with zero attached hydrogens (tertiary/aromatic N) is 3. The Bertz CT molecular complexity index is 639. The molecule has 0 saturated heterocycles. The Morgan fingerprint density at radius 2 is 2.05 bits per heavy atom. The van der Waals surface area contributed by atoms with E-state index in [2.05, 4.69) is 5.10 Å². The smallest absolute Gasteiger partial charge is 0.258 e. The molecule has 0 fully saturated rings. The van der Waals surface area contributed by atoms with Gasteiger partial charge in [-0.25, -0.2) is 4.68 Å². The second-order valence-corrected chi connectivity index (χ2v) is 4.81. The predicted molar refractivity (Wildman–Crippen MR) is 67.9 cm³/mol. The summed E-state index contributed by atoms with van der Waals surface area (Å²) in [5.74, 6) is 0. The quantitative estimate of drug-likeness (QED) is 0.454. The zero-order valence-electron chi connectivity index (χ0n) is 9.06. The van der Waals surface area contributed by atoms with Crippen molar-refractivity contribution in [3.05, 3.63) is 49.8 Å². The Morgan fingerprint density at radius 3 is 2.53 bits per heavy atom. The monoisotopic (exact) mass is 383 g/mol. The van der Waals surface area contributed by atoms with E-state index in [1.54, 1.807) is 0 Å². The maximum absolute atomic E-state index is 12.5. The molecule has 2 rings (SSSR count). The molecule has 0 atom stereocenters. The van der Waals surface area contributed by atoms with Gasteiger partial charge in [0.05, 0.1) is 20.3 Å². The van der Waals surface area contributed by atoms with Crippen LogP contribution in [0.2, 0.25) is 0 Å². The first-order valence-electron chi connectivity index (χ1n) is 4.85. The van der Waals surface area contributed by atoms with Gasteiger partial charge in [0, 0.05) is 12.3 Å². The molecular formula is C10H5F3IN3O2. The topological polar surface area (TPSA) is 61.0 Å². The molecule has 0 radical (unpaired) electrons. The van der Waals surface area contributed by atoms with Gasteiger partial charge in [0.1, 0.15) is 5.69 Å². The minimum Gasteiger partial charge on any atom is -0.258 e. The van der Waals surface area contributed by atoms with Crippen LogP contribution in [0.1, 0.15) is 5.56 Å². The lowest BCUT2D eigenvalue weighted by molar-refractivity contribution is -0.384. The van der Waals surface area contributed by atoms with E-state index in [1.165, 1.54) is 17.1 Å². The first-order valence-corrected chi connectivity index (χ1v) is 5.93. The molecule has 0 aliphatic heterocycles. The lowest BCUT2D eigenvalue weighted by Gasteiger charge is -2.08. The maximum Gasteiger partial charge on any atom is 0.416 e. The van der Waals surface area contributed by atoms with Crippen molar-refractivity contribution in [1.82, 2.24) is 9.78 Å². The van der Waals surface area contributed by atoms with Crippen LogP contribution in [0.5, 0.6) is 0 Å². The van der Waals surface area contributed by atoms with Crippen LogP contribution in [-0.2, 0) is 6.18 Å². The first-order chi connectivity index (χ1) is 8.79. The molecule has 0 amide bonds. The lowest BCUT2D eigenvalue weighted by Crippen LogP contribution is -2.08. The van der Waals surface area contributed by atoms with Gasteiger partial charge < -0.3 is 0 Å². The van der Waals surface area contributed by atoms with Crippen molar-refractivity contribution in [2.45, 2.75) is 6.18 Å². The number of nitro groups is 1. The van der Waals surface area contributed by atoms with Crippen LogP contribution in [0.15, 0.2) is 30.6 Å². The number of hydrogen-bond acceptors (Lipinski definition) is 3. The zero-order chi connectivity index (χ0) is 14.2. The van der Waals surface area contributed by atoms with Gasteiger partial charge in [-0.2, -0.15) is 18.3 Å². The molecule has 19 heavy (non-hydrogen) atoms. The van der Waals surface area contributed by atoms with Crippen LogP contribution < -0.4 is 0 Å². The number of nitro benzene ring substituents is 1. The molecule has 1 heterocycles. The third kappa shape index (κ3) is 2.85. The Labute approximate surface area is 118 Å². The zero-order valence-corrected chi connectivity index (χ0v) is 11.2. The van der Waals surface area contributed by atoms with E-state index < -0.39 is 22.4 Å². The molecule has 0 N–H and O–H groups in total. The Kier molecular flexibility index (Phi) is 3.47. The molecule has 0 aliphatic rings. The molecule has 1 aromatic heterocycles. The van der Waals surface area contributed by atoms with E-state index in [-0.39, 0.29) is 5.69 Å². The van der Waals surface area contributed by atoms with Crippen molar-refractivity contribution in [3.63, 3.8) is 0 Å². The molecule has 2 aromatic rings. The Hall–Kier alpha value is -1.65. The van der Waals surface area contributed by atoms with Crippen LogP contribution in [0.4, 0.5) is 18.9 Å². The molecule has 100 valence electrons. The average Bonchev–Trinajstić information content (AvgIpc) is 2.73. The van der Waals surface area contributed by atoms with Crippen molar-refractivity contribution in [2.75, 3.05) is 0 Å². The molecule has 0 spiro atoms. The van der Waals surface area contributed by atoms with Crippen molar-refractivity contribution in [1.29, 1.82) is 0 Å². The van der Waals surface area contributed by atoms with Gasteiger partial charge in [-0.05, 0) is 34.7 Å². The van der Waals surface area contributed by atoms with Crippen LogP contribution in [0, 0.1) is 13.7 Å². The highest BCUT2D eigenvalue weighted by atomic mass is 127. The standard InChI is InChI=1S/C10H5F3IN3O2/c11-10(12,13)6-1-2-8(9(3-6)17(18)19)16-5-7(14)4-15-16/h1-5H. The van der Waals surface area contributed by atoms with E-state index in [1.807, 2.05) is 22.6 Å². The van der Waals surface area contributed by atoms with Gasteiger partial charge in [0.15, 0.2) is 0 Å². The minimum absolute atomic E-state index is 0.0130. The molecule has 5 nitrogen and oxygen atoms in total. The van der Waals surface area contributed by atoms with Crippen molar-refractivity contribution >= 4 is 28.3 Å². The van der Waals surface area contributed by atoms with Gasteiger partial charge in [-0.3, -0.25) is 10.1 Å². The number of halogens is 4. The molecule has 0 aliphatic carbocycles.